The van der Waals surface area contributed by atoms with Crippen LogP contribution in [0.1, 0.15) is 255 Å². The zero-order chi connectivity index (χ0) is 106. The highest BCUT2D eigenvalue weighted by molar-refractivity contribution is 14.1. The summed E-state index contributed by atoms with van der Waals surface area (Å²) in [6, 6.07) is 56.8. The van der Waals surface area contributed by atoms with Gasteiger partial charge in [-0.2, -0.15) is 0 Å². The van der Waals surface area contributed by atoms with Crippen LogP contribution in [0.4, 0.5) is 8.78 Å². The quantitative estimate of drug-likeness (QED) is 0.00687. The van der Waals surface area contributed by atoms with Crippen LogP contribution < -0.4 is 18.9 Å². The molecule has 24 nitrogen and oxygen atoms in total. The van der Waals surface area contributed by atoms with Crippen molar-refractivity contribution in [1.82, 2.24) is 0 Å². The standard InChI is InChI=1S/C27H36Br2O5.C27H36Cl2O5.C27H36F2O5.C27H36I2O5.4CH2O/c4*1-2-3-4-5-6-7-8-9-25(26(34-31)20-21-10-12-22(28)13-11-21)27(30)33-19-18-32-24-16-14-23(29)15-17-24;4*1-2/h4*10-17,25-26,31H,2-9,18-20H2,1H3;4*1H2. The smallest absolute Gasteiger partial charge is 0.311 e. The molecule has 4 N–H and O–H groups in total. The first kappa shape index (κ1) is 134. The van der Waals surface area contributed by atoms with Crippen LogP contribution >= 0.6 is 100 Å². The molecule has 800 valence electrons. The molecule has 0 bridgehead atoms. The van der Waals surface area contributed by atoms with Crippen LogP contribution in [0.5, 0.6) is 23.0 Å². The fraction of sp³-hybridized carbons (Fsp3) is 0.500. The van der Waals surface area contributed by atoms with Crippen molar-refractivity contribution in [2.24, 2.45) is 23.7 Å². The lowest BCUT2D eigenvalue weighted by atomic mass is 9.91. The monoisotopic (exact) mass is 2400 g/mol. The lowest BCUT2D eigenvalue weighted by molar-refractivity contribution is -0.290. The van der Waals surface area contributed by atoms with E-state index in [0.717, 1.165) is 121 Å². The molecule has 0 heterocycles. The third-order valence-corrected chi connectivity index (χ3v) is 26.1. The summed E-state index contributed by atoms with van der Waals surface area (Å²) in [5.41, 5.74) is 3.67. The van der Waals surface area contributed by atoms with Crippen molar-refractivity contribution in [2.45, 2.75) is 283 Å². The second-order valence-electron chi connectivity index (χ2n) is 33.8. The molecule has 0 aliphatic heterocycles. The van der Waals surface area contributed by atoms with Gasteiger partial charge in [-0.1, -0.05) is 311 Å². The normalized spacial score (nSPS) is 12.2. The first-order chi connectivity index (χ1) is 70.1. The Bertz CT molecular complexity index is 3900. The van der Waals surface area contributed by atoms with E-state index in [-0.39, 0.29) is 82.8 Å². The van der Waals surface area contributed by atoms with E-state index in [1.165, 1.54) is 139 Å². The van der Waals surface area contributed by atoms with Gasteiger partial charge in [-0.05, 0) is 239 Å². The minimum Gasteiger partial charge on any atom is -0.490 e. The van der Waals surface area contributed by atoms with Crippen LogP contribution in [0, 0.1) is 42.4 Å². The van der Waals surface area contributed by atoms with Crippen molar-refractivity contribution in [2.75, 3.05) is 52.9 Å². The van der Waals surface area contributed by atoms with Gasteiger partial charge in [0.2, 0.25) is 0 Å². The van der Waals surface area contributed by atoms with Gasteiger partial charge in [0.05, 0.1) is 23.7 Å². The van der Waals surface area contributed by atoms with Gasteiger partial charge in [0.1, 0.15) is 139 Å². The maximum absolute atomic E-state index is 13.2. The Morgan fingerprint density at radius 3 is 0.708 bits per heavy atom. The molecule has 144 heavy (non-hydrogen) atoms. The minimum absolute atomic E-state index is 0.0123. The average Bonchev–Trinajstić information content (AvgIpc) is 0.872. The van der Waals surface area contributed by atoms with E-state index >= 15 is 0 Å². The molecule has 0 saturated heterocycles. The third-order valence-electron chi connectivity index (χ3n) is 23.1. The van der Waals surface area contributed by atoms with Crippen LogP contribution in [0.2, 0.25) is 10.0 Å². The molecule has 0 amide bonds. The predicted octanol–water partition coefficient (Wildman–Crippen LogP) is 29.4. The van der Waals surface area contributed by atoms with E-state index < -0.39 is 60.0 Å². The zero-order valence-corrected chi connectivity index (χ0v) is 93.0. The summed E-state index contributed by atoms with van der Waals surface area (Å²) in [6.07, 6.45) is 32.8. The van der Waals surface area contributed by atoms with Gasteiger partial charge in [-0.3, -0.25) is 40.2 Å². The molecule has 0 aromatic heterocycles. The molecule has 32 heteroatoms. The Kier molecular flexibility index (Phi) is 84.0. The summed E-state index contributed by atoms with van der Waals surface area (Å²) in [7, 11) is 0. The highest BCUT2D eigenvalue weighted by atomic mass is 127. The third kappa shape index (κ3) is 64.3. The van der Waals surface area contributed by atoms with E-state index in [4.69, 9.17) is 99.8 Å². The number of hydrogen-bond acceptors (Lipinski definition) is 24. The second-order valence-corrected chi connectivity index (χ2v) is 39.0. The van der Waals surface area contributed by atoms with Crippen molar-refractivity contribution in [3.63, 3.8) is 0 Å². The van der Waals surface area contributed by atoms with Gasteiger partial charge in [0.25, 0.3) is 0 Å². The summed E-state index contributed by atoms with van der Waals surface area (Å²) >= 11 is 23.2. The fourth-order valence-electron chi connectivity index (χ4n) is 15.3. The molecular weight excluding hydrogens is 2250 g/mol. The van der Waals surface area contributed by atoms with Crippen LogP contribution in [0.25, 0.3) is 0 Å². The van der Waals surface area contributed by atoms with Crippen LogP contribution in [-0.2, 0) is 103 Å². The van der Waals surface area contributed by atoms with E-state index in [1.54, 1.807) is 48.5 Å². The van der Waals surface area contributed by atoms with Crippen LogP contribution in [0.3, 0.4) is 0 Å². The molecule has 0 saturated carbocycles. The van der Waals surface area contributed by atoms with E-state index in [1.807, 2.05) is 136 Å². The molecular formula is C112H152Br2Cl2F2I2O24. The van der Waals surface area contributed by atoms with Crippen molar-refractivity contribution in [3.05, 3.63) is 254 Å². The molecule has 0 aliphatic carbocycles. The Morgan fingerprint density at radius 1 is 0.278 bits per heavy atom. The summed E-state index contributed by atoms with van der Waals surface area (Å²) in [5.74, 6) is -2.02. The van der Waals surface area contributed by atoms with Gasteiger partial charge in [-0.15, -0.1) is 0 Å². The highest BCUT2D eigenvalue weighted by Crippen LogP contribution is 2.31. The second kappa shape index (κ2) is 90.2. The van der Waals surface area contributed by atoms with E-state index in [9.17, 15) is 49.0 Å². The Labute approximate surface area is 906 Å². The Balaban J connectivity index is 0.000000937. The van der Waals surface area contributed by atoms with Crippen molar-refractivity contribution >= 4 is 151 Å². The minimum atomic E-state index is -0.809. The predicted molar refractivity (Wildman–Crippen MR) is 586 cm³/mol. The molecule has 0 fully saturated rings. The number of benzene rings is 8. The topological polar surface area (TPSA) is 328 Å². The summed E-state index contributed by atoms with van der Waals surface area (Å²) in [5, 5.41) is 39.8. The molecule has 8 aromatic carbocycles. The molecule has 0 radical (unpaired) electrons. The number of rotatable bonds is 68. The Morgan fingerprint density at radius 2 is 0.458 bits per heavy atom. The molecule has 8 rings (SSSR count). The summed E-state index contributed by atoms with van der Waals surface area (Å²) in [4.78, 5) is 103. The summed E-state index contributed by atoms with van der Waals surface area (Å²) < 4.78 is 74.8. The van der Waals surface area contributed by atoms with Gasteiger partial charge in [0, 0.05) is 51.8 Å². The van der Waals surface area contributed by atoms with Crippen LogP contribution in [-0.4, -0.2) is 149 Å². The van der Waals surface area contributed by atoms with Crippen LogP contribution in [0.15, 0.2) is 203 Å². The number of halogens is 8. The molecule has 8 unspecified atom stereocenters. The lowest BCUT2D eigenvalue weighted by Gasteiger charge is -2.23. The number of carbonyl (C=O) groups excluding carboxylic acids is 8. The van der Waals surface area contributed by atoms with Crippen molar-refractivity contribution in [3.8, 4) is 23.0 Å². The Hall–Kier alpha value is -7.94. The van der Waals surface area contributed by atoms with Crippen molar-refractivity contribution < 1.29 is 126 Å². The SMILES string of the molecule is C=O.C=O.C=O.C=O.CCCCCCCCCC(C(=O)OCCOc1ccc(Br)cc1)C(Cc1ccc(Br)cc1)OO.CCCCCCCCCC(C(=O)OCCOc1ccc(Cl)cc1)C(Cc1ccc(Cl)cc1)OO.CCCCCCCCCC(C(=O)OCCOc1ccc(F)cc1)C(Cc1ccc(F)cc1)OO.CCCCCCCCCC(C(=O)OCCOc1ccc(I)cc1)C(Cc1ccc(I)cc1)OO. The zero-order valence-electron chi connectivity index (χ0n) is 84.0. The van der Waals surface area contributed by atoms with Gasteiger partial charge in [0.15, 0.2) is 0 Å². The van der Waals surface area contributed by atoms with Crippen molar-refractivity contribution in [1.29, 1.82) is 0 Å². The van der Waals surface area contributed by atoms with Gasteiger partial charge in [-0.25, -0.2) is 28.3 Å². The number of ether oxygens (including phenoxy) is 8. The lowest BCUT2D eigenvalue weighted by Crippen LogP contribution is -2.34. The molecule has 0 spiro atoms. The molecule has 0 aliphatic rings. The van der Waals surface area contributed by atoms with Gasteiger partial charge >= 0.3 is 23.9 Å². The number of unbranched alkanes of at least 4 members (excludes halogenated alkanes) is 24. The number of esters is 4. The van der Waals surface area contributed by atoms with Gasteiger partial charge < -0.3 is 57.1 Å². The summed E-state index contributed by atoms with van der Waals surface area (Å²) in [6.45, 7) is 18.1. The molecule has 8 aromatic rings. The largest absolute Gasteiger partial charge is 0.490 e. The number of hydrogen-bond donors (Lipinski definition) is 4. The average molecular weight is 2400 g/mol. The molecule has 8 atom stereocenters. The van der Waals surface area contributed by atoms with E-state index in [2.05, 4.69) is 105 Å². The highest BCUT2D eigenvalue weighted by Gasteiger charge is 2.35. The first-order valence-corrected chi connectivity index (χ1v) is 54.2. The maximum atomic E-state index is 13.2. The fourth-order valence-corrected chi connectivity index (χ4v) is 16.8. The maximum Gasteiger partial charge on any atom is 0.311 e. The first-order valence-electron chi connectivity index (χ1n) is 49.7. The van der Waals surface area contributed by atoms with E-state index in [0.29, 0.717) is 72.2 Å². The number of carbonyl (C=O) groups is 8.